The average molecular weight is 282 g/mol. The van der Waals surface area contributed by atoms with Gasteiger partial charge in [-0.05, 0) is 5.56 Å². The van der Waals surface area contributed by atoms with E-state index in [1.165, 1.54) is 0 Å². The van der Waals surface area contributed by atoms with Crippen molar-refractivity contribution in [2.75, 3.05) is 12.3 Å². The lowest BCUT2D eigenvalue weighted by Gasteiger charge is -2.15. The molecule has 1 nitrogen and oxygen atoms in total. The summed E-state index contributed by atoms with van der Waals surface area (Å²) in [5, 5.41) is 0.928. The van der Waals surface area contributed by atoms with Gasteiger partial charge >= 0.3 is 0 Å². The zero-order valence-electron chi connectivity index (χ0n) is 11.5. The summed E-state index contributed by atoms with van der Waals surface area (Å²) in [5.41, 5.74) is 1.13. The van der Waals surface area contributed by atoms with E-state index in [1.807, 2.05) is 72.8 Å². The topological polar surface area (TPSA) is 17.1 Å². The summed E-state index contributed by atoms with van der Waals surface area (Å²) < 4.78 is 13.1. The lowest BCUT2D eigenvalue weighted by molar-refractivity contribution is 0.584. The highest BCUT2D eigenvalue weighted by Crippen LogP contribution is 2.44. The maximum Gasteiger partial charge on any atom is 0.122 e. The van der Waals surface area contributed by atoms with Gasteiger partial charge in [-0.25, -0.2) is 0 Å². The molecule has 0 saturated carbocycles. The Kier molecular flexibility index (Phi) is 5.15. The fourth-order valence-electron chi connectivity index (χ4n) is 2.12. The first-order chi connectivity index (χ1) is 9.74. The SMILES string of the molecule is C=CC[P@@](=O)(C/C=C/c1ccccc1)c1ccccc1. The van der Waals surface area contributed by atoms with E-state index in [9.17, 15) is 4.57 Å². The molecule has 0 aliphatic heterocycles. The van der Waals surface area contributed by atoms with Crippen LogP contribution in [0.25, 0.3) is 6.08 Å². The van der Waals surface area contributed by atoms with Crippen LogP contribution in [-0.4, -0.2) is 12.3 Å². The van der Waals surface area contributed by atoms with Crippen LogP contribution in [0.3, 0.4) is 0 Å². The zero-order valence-corrected chi connectivity index (χ0v) is 12.4. The van der Waals surface area contributed by atoms with Crippen molar-refractivity contribution in [3.8, 4) is 0 Å². The molecular formula is C18H19OP. The molecule has 102 valence electrons. The van der Waals surface area contributed by atoms with Gasteiger partial charge in [0.1, 0.15) is 7.14 Å². The van der Waals surface area contributed by atoms with Gasteiger partial charge in [0, 0.05) is 17.6 Å². The van der Waals surface area contributed by atoms with Crippen LogP contribution in [0, 0.1) is 0 Å². The molecule has 0 aliphatic rings. The van der Waals surface area contributed by atoms with Crippen molar-refractivity contribution in [1.82, 2.24) is 0 Å². The van der Waals surface area contributed by atoms with Crippen molar-refractivity contribution in [2.24, 2.45) is 0 Å². The fraction of sp³-hybridized carbons (Fsp3) is 0.111. The molecule has 2 rings (SSSR count). The second kappa shape index (κ2) is 7.07. The number of benzene rings is 2. The van der Waals surface area contributed by atoms with Crippen molar-refractivity contribution in [3.63, 3.8) is 0 Å². The maximum atomic E-state index is 13.1. The minimum atomic E-state index is -2.41. The Balaban J connectivity index is 2.16. The lowest BCUT2D eigenvalue weighted by atomic mass is 10.2. The highest BCUT2D eigenvalue weighted by Gasteiger charge is 2.20. The van der Waals surface area contributed by atoms with Gasteiger partial charge in [-0.1, -0.05) is 78.9 Å². The Morgan fingerprint density at radius 1 is 0.900 bits per heavy atom. The van der Waals surface area contributed by atoms with Gasteiger partial charge in [0.15, 0.2) is 0 Å². The monoisotopic (exact) mass is 282 g/mol. The van der Waals surface area contributed by atoms with Crippen LogP contribution in [-0.2, 0) is 4.57 Å². The van der Waals surface area contributed by atoms with Crippen LogP contribution in [0.5, 0.6) is 0 Å². The number of allylic oxidation sites excluding steroid dienone is 2. The Labute approximate surface area is 121 Å². The Hall–Kier alpha value is -1.85. The molecular weight excluding hydrogens is 263 g/mol. The van der Waals surface area contributed by atoms with Gasteiger partial charge in [0.05, 0.1) is 0 Å². The second-order valence-corrected chi connectivity index (χ2v) is 7.72. The molecule has 0 aliphatic carbocycles. The molecule has 0 heterocycles. The van der Waals surface area contributed by atoms with Crippen molar-refractivity contribution < 1.29 is 4.57 Å². The minimum absolute atomic E-state index is 0.538. The Bertz CT molecular complexity index is 614. The van der Waals surface area contributed by atoms with E-state index in [1.54, 1.807) is 6.08 Å². The summed E-state index contributed by atoms with van der Waals surface area (Å²) in [6.07, 6.45) is 6.89. The van der Waals surface area contributed by atoms with E-state index in [2.05, 4.69) is 6.58 Å². The largest absolute Gasteiger partial charge is 0.318 e. The van der Waals surface area contributed by atoms with Gasteiger partial charge in [-0.2, -0.15) is 0 Å². The first-order valence-electron chi connectivity index (χ1n) is 6.71. The molecule has 2 heteroatoms. The van der Waals surface area contributed by atoms with Gasteiger partial charge < -0.3 is 4.57 Å². The molecule has 0 N–H and O–H groups in total. The van der Waals surface area contributed by atoms with Crippen LogP contribution in [0.15, 0.2) is 79.4 Å². The molecule has 0 saturated heterocycles. The molecule has 0 amide bonds. The van der Waals surface area contributed by atoms with E-state index in [0.29, 0.717) is 12.3 Å². The minimum Gasteiger partial charge on any atom is -0.318 e. The van der Waals surface area contributed by atoms with Crippen molar-refractivity contribution in [2.45, 2.75) is 0 Å². The summed E-state index contributed by atoms with van der Waals surface area (Å²) in [4.78, 5) is 0. The number of rotatable bonds is 6. The Morgan fingerprint density at radius 3 is 2.10 bits per heavy atom. The lowest BCUT2D eigenvalue weighted by Crippen LogP contribution is -2.08. The van der Waals surface area contributed by atoms with E-state index in [4.69, 9.17) is 0 Å². The normalized spacial score (nSPS) is 14.0. The van der Waals surface area contributed by atoms with E-state index >= 15 is 0 Å². The van der Waals surface area contributed by atoms with Crippen molar-refractivity contribution in [3.05, 3.63) is 85.0 Å². The first kappa shape index (κ1) is 14.6. The molecule has 2 aromatic carbocycles. The first-order valence-corrected chi connectivity index (χ1v) is 8.78. The van der Waals surface area contributed by atoms with Crippen LogP contribution >= 0.6 is 7.14 Å². The van der Waals surface area contributed by atoms with Crippen LogP contribution in [0.4, 0.5) is 0 Å². The predicted molar refractivity (Wildman–Crippen MR) is 89.1 cm³/mol. The summed E-state index contributed by atoms with van der Waals surface area (Å²) in [6.45, 7) is 3.74. The second-order valence-electron chi connectivity index (χ2n) is 4.69. The zero-order chi connectivity index (χ0) is 14.3. The quantitative estimate of drug-likeness (QED) is 0.560. The molecule has 0 unspecified atom stereocenters. The smallest absolute Gasteiger partial charge is 0.122 e. The predicted octanol–water partition coefficient (Wildman–Crippen LogP) is 4.57. The summed E-state index contributed by atoms with van der Waals surface area (Å²) in [7, 11) is -2.41. The summed E-state index contributed by atoms with van der Waals surface area (Å²) in [5.74, 6) is 0. The van der Waals surface area contributed by atoms with Gasteiger partial charge in [-0.15, -0.1) is 6.58 Å². The standard InChI is InChI=1S/C18H19OP/c1-2-15-20(19,18-13-7-4-8-14-18)16-9-12-17-10-5-3-6-11-17/h2-14H,1,15-16H2/b12-9+/t20-/m1/s1. The highest BCUT2D eigenvalue weighted by atomic mass is 31.2. The molecule has 1 atom stereocenters. The van der Waals surface area contributed by atoms with E-state index < -0.39 is 7.14 Å². The Morgan fingerprint density at radius 2 is 1.50 bits per heavy atom. The van der Waals surface area contributed by atoms with Gasteiger partial charge in [-0.3, -0.25) is 0 Å². The molecule has 0 aromatic heterocycles. The molecule has 20 heavy (non-hydrogen) atoms. The molecule has 2 aromatic rings. The third-order valence-electron chi connectivity index (χ3n) is 3.16. The van der Waals surface area contributed by atoms with Crippen LogP contribution < -0.4 is 5.30 Å². The van der Waals surface area contributed by atoms with Gasteiger partial charge in [0.2, 0.25) is 0 Å². The third kappa shape index (κ3) is 3.82. The summed E-state index contributed by atoms with van der Waals surface area (Å²) in [6, 6.07) is 19.8. The number of hydrogen-bond acceptors (Lipinski definition) is 1. The molecule has 0 radical (unpaired) electrons. The number of hydrogen-bond donors (Lipinski definition) is 0. The molecule has 0 spiro atoms. The fourth-order valence-corrected chi connectivity index (χ4v) is 4.27. The van der Waals surface area contributed by atoms with Crippen LogP contribution in [0.1, 0.15) is 5.56 Å². The highest BCUT2D eigenvalue weighted by molar-refractivity contribution is 7.71. The maximum absolute atomic E-state index is 13.1. The van der Waals surface area contributed by atoms with Crippen molar-refractivity contribution >= 4 is 18.5 Å². The van der Waals surface area contributed by atoms with Crippen molar-refractivity contribution in [1.29, 1.82) is 0 Å². The molecule has 0 bridgehead atoms. The third-order valence-corrected chi connectivity index (χ3v) is 6.05. The summed E-state index contributed by atoms with van der Waals surface area (Å²) >= 11 is 0. The van der Waals surface area contributed by atoms with Gasteiger partial charge in [0.25, 0.3) is 0 Å². The van der Waals surface area contributed by atoms with E-state index in [0.717, 1.165) is 10.9 Å². The van der Waals surface area contributed by atoms with E-state index in [-0.39, 0.29) is 0 Å². The molecule has 0 fully saturated rings. The average Bonchev–Trinajstić information content (AvgIpc) is 2.49. The van der Waals surface area contributed by atoms with Crippen LogP contribution in [0.2, 0.25) is 0 Å².